The number of anilines is 1. The van der Waals surface area contributed by atoms with Gasteiger partial charge in [-0.05, 0) is 31.5 Å². The molecule has 3 aromatic heterocycles. The minimum Gasteiger partial charge on any atom is -0.310 e. The predicted octanol–water partition coefficient (Wildman–Crippen LogP) is 2.93. The highest BCUT2D eigenvalue weighted by Gasteiger charge is 2.21. The maximum atomic E-state index is 12.9. The lowest BCUT2D eigenvalue weighted by atomic mass is 10.2. The van der Waals surface area contributed by atoms with E-state index in [1.54, 1.807) is 14.0 Å². The Balaban J connectivity index is 1.78. The summed E-state index contributed by atoms with van der Waals surface area (Å²) in [6.07, 6.45) is 1.47. The summed E-state index contributed by atoms with van der Waals surface area (Å²) >= 11 is 1.22. The molecule has 0 unspecified atom stereocenters. The van der Waals surface area contributed by atoms with Crippen LogP contribution in [0.1, 0.15) is 22.2 Å². The smallest absolute Gasteiger partial charge is 0.268 e. The van der Waals surface area contributed by atoms with Crippen LogP contribution in [0.25, 0.3) is 21.3 Å². The Labute approximate surface area is 152 Å². The van der Waals surface area contributed by atoms with E-state index in [0.717, 1.165) is 11.0 Å². The van der Waals surface area contributed by atoms with Crippen LogP contribution in [0.3, 0.4) is 0 Å². The van der Waals surface area contributed by atoms with Crippen LogP contribution in [-0.4, -0.2) is 25.0 Å². The third kappa shape index (κ3) is 2.41. The molecule has 0 fully saturated rings. The number of nitrogens with zero attached hydrogens (tertiary/aromatic N) is 4. The highest BCUT2D eigenvalue weighted by Crippen LogP contribution is 2.28. The van der Waals surface area contributed by atoms with Crippen molar-refractivity contribution in [2.24, 2.45) is 7.05 Å². The average Bonchev–Trinajstić information content (AvgIpc) is 3.15. The SMILES string of the molecule is CCn1c(NC(=O)c2sc3ncn(C)c(=O)c3c2C)nc2ccccc21. The van der Waals surface area contributed by atoms with Crippen LogP contribution in [0.5, 0.6) is 0 Å². The standard InChI is InChI=1S/C18H17N5O2S/c1-4-23-12-8-6-5-7-11(12)20-18(23)21-15(24)14-10(2)13-16(26-14)19-9-22(3)17(13)25/h5-9H,4H2,1-3H3,(H,20,21,24). The Hall–Kier alpha value is -3.00. The largest absolute Gasteiger partial charge is 0.310 e. The molecule has 0 spiro atoms. The van der Waals surface area contributed by atoms with E-state index in [2.05, 4.69) is 15.3 Å². The van der Waals surface area contributed by atoms with Gasteiger partial charge in [0.15, 0.2) is 0 Å². The number of thiophene rings is 1. The predicted molar refractivity (Wildman–Crippen MR) is 103 cm³/mol. The van der Waals surface area contributed by atoms with Gasteiger partial charge in [-0.25, -0.2) is 9.97 Å². The summed E-state index contributed by atoms with van der Waals surface area (Å²) in [4.78, 5) is 35.0. The number of hydrogen-bond acceptors (Lipinski definition) is 5. The van der Waals surface area contributed by atoms with Crippen LogP contribution >= 0.6 is 11.3 Å². The van der Waals surface area contributed by atoms with Gasteiger partial charge in [0, 0.05) is 13.6 Å². The summed E-state index contributed by atoms with van der Waals surface area (Å²) < 4.78 is 3.37. The van der Waals surface area contributed by atoms with Gasteiger partial charge in [0.05, 0.1) is 27.6 Å². The first-order chi connectivity index (χ1) is 12.5. The molecule has 0 radical (unpaired) electrons. The zero-order valence-electron chi connectivity index (χ0n) is 14.6. The van der Waals surface area contributed by atoms with Gasteiger partial charge < -0.3 is 9.13 Å². The minimum atomic E-state index is -0.280. The number of rotatable bonds is 3. The highest BCUT2D eigenvalue weighted by molar-refractivity contribution is 7.20. The molecule has 1 amide bonds. The Morgan fingerprint density at radius 2 is 2.08 bits per heavy atom. The van der Waals surface area contributed by atoms with Crippen molar-refractivity contribution in [1.29, 1.82) is 0 Å². The van der Waals surface area contributed by atoms with E-state index < -0.39 is 0 Å². The van der Waals surface area contributed by atoms with Crippen molar-refractivity contribution in [3.63, 3.8) is 0 Å². The number of carbonyl (C=O) groups is 1. The molecule has 7 nitrogen and oxygen atoms in total. The number of benzene rings is 1. The lowest BCUT2D eigenvalue weighted by Gasteiger charge is -2.07. The maximum absolute atomic E-state index is 12.9. The molecule has 0 saturated heterocycles. The van der Waals surface area contributed by atoms with Crippen molar-refractivity contribution >= 4 is 44.4 Å². The number of fused-ring (bicyclic) bond motifs is 2. The van der Waals surface area contributed by atoms with Crippen LogP contribution in [0.2, 0.25) is 0 Å². The molecule has 8 heteroatoms. The fourth-order valence-electron chi connectivity index (χ4n) is 3.07. The average molecular weight is 367 g/mol. The number of hydrogen-bond donors (Lipinski definition) is 1. The van der Waals surface area contributed by atoms with Crippen molar-refractivity contribution in [3.8, 4) is 0 Å². The monoisotopic (exact) mass is 367 g/mol. The normalized spacial score (nSPS) is 11.3. The van der Waals surface area contributed by atoms with E-state index in [1.807, 2.05) is 35.8 Å². The van der Waals surface area contributed by atoms with Gasteiger partial charge in [0.1, 0.15) is 4.83 Å². The van der Waals surface area contributed by atoms with Crippen molar-refractivity contribution in [2.75, 3.05) is 5.32 Å². The maximum Gasteiger partial charge on any atom is 0.268 e. The van der Waals surface area contributed by atoms with E-state index >= 15 is 0 Å². The van der Waals surface area contributed by atoms with E-state index in [-0.39, 0.29) is 11.5 Å². The summed E-state index contributed by atoms with van der Waals surface area (Å²) in [7, 11) is 1.65. The van der Waals surface area contributed by atoms with Gasteiger partial charge in [-0.3, -0.25) is 14.9 Å². The molecule has 0 aliphatic rings. The second-order valence-corrected chi connectivity index (χ2v) is 7.02. The number of amides is 1. The molecule has 0 aliphatic carbocycles. The minimum absolute atomic E-state index is 0.149. The fourth-order valence-corrected chi connectivity index (χ4v) is 4.11. The first-order valence-electron chi connectivity index (χ1n) is 8.22. The van der Waals surface area contributed by atoms with Crippen molar-refractivity contribution in [3.05, 3.63) is 51.4 Å². The second-order valence-electron chi connectivity index (χ2n) is 6.02. The number of para-hydroxylation sites is 2. The zero-order chi connectivity index (χ0) is 18.4. The van der Waals surface area contributed by atoms with Gasteiger partial charge in [0.2, 0.25) is 5.95 Å². The molecule has 1 aromatic carbocycles. The molecule has 4 aromatic rings. The van der Waals surface area contributed by atoms with Crippen molar-refractivity contribution < 1.29 is 4.79 Å². The number of aromatic nitrogens is 4. The Kier molecular flexibility index (Phi) is 3.84. The van der Waals surface area contributed by atoms with Crippen molar-refractivity contribution in [2.45, 2.75) is 20.4 Å². The lowest BCUT2D eigenvalue weighted by molar-refractivity contribution is 0.102. The molecule has 3 heterocycles. The summed E-state index contributed by atoms with van der Waals surface area (Å²) in [6, 6.07) is 7.74. The van der Waals surface area contributed by atoms with Crippen LogP contribution in [-0.2, 0) is 13.6 Å². The van der Waals surface area contributed by atoms with E-state index in [9.17, 15) is 9.59 Å². The number of aryl methyl sites for hydroxylation is 3. The number of carbonyl (C=O) groups excluding carboxylic acids is 1. The summed E-state index contributed by atoms with van der Waals surface area (Å²) in [5.41, 5.74) is 2.29. The van der Waals surface area contributed by atoms with Gasteiger partial charge in [-0.2, -0.15) is 0 Å². The summed E-state index contributed by atoms with van der Waals surface area (Å²) in [6.45, 7) is 4.46. The van der Waals surface area contributed by atoms with Gasteiger partial charge in [-0.15, -0.1) is 11.3 Å². The van der Waals surface area contributed by atoms with Crippen molar-refractivity contribution in [1.82, 2.24) is 19.1 Å². The molecule has 0 aliphatic heterocycles. The summed E-state index contributed by atoms with van der Waals surface area (Å²) in [5.74, 6) is 0.217. The number of imidazole rings is 1. The molecular formula is C18H17N5O2S. The van der Waals surface area contributed by atoms with Gasteiger partial charge in [0.25, 0.3) is 11.5 Å². The third-order valence-electron chi connectivity index (χ3n) is 4.41. The highest BCUT2D eigenvalue weighted by atomic mass is 32.1. The third-order valence-corrected chi connectivity index (χ3v) is 5.61. The summed E-state index contributed by atoms with van der Waals surface area (Å²) in [5, 5.41) is 3.38. The van der Waals surface area contributed by atoms with Crippen LogP contribution < -0.4 is 10.9 Å². The first-order valence-corrected chi connectivity index (χ1v) is 9.04. The van der Waals surface area contributed by atoms with E-state index in [1.165, 1.54) is 22.2 Å². The van der Waals surface area contributed by atoms with Crippen LogP contribution in [0, 0.1) is 6.92 Å². The topological polar surface area (TPSA) is 81.8 Å². The molecule has 0 bridgehead atoms. The molecule has 132 valence electrons. The Morgan fingerprint density at radius 3 is 2.85 bits per heavy atom. The molecule has 0 atom stereocenters. The number of nitrogens with one attached hydrogen (secondary N) is 1. The van der Waals surface area contributed by atoms with Crippen LogP contribution in [0.15, 0.2) is 35.4 Å². The first kappa shape index (κ1) is 16.5. The van der Waals surface area contributed by atoms with Gasteiger partial charge >= 0.3 is 0 Å². The molecule has 26 heavy (non-hydrogen) atoms. The Morgan fingerprint density at radius 1 is 1.31 bits per heavy atom. The quantitative estimate of drug-likeness (QED) is 0.604. The molecular weight excluding hydrogens is 350 g/mol. The van der Waals surface area contributed by atoms with E-state index in [4.69, 9.17) is 0 Å². The lowest BCUT2D eigenvalue weighted by Crippen LogP contribution is -2.18. The van der Waals surface area contributed by atoms with E-state index in [0.29, 0.717) is 33.2 Å². The molecule has 0 saturated carbocycles. The fraction of sp³-hybridized carbons (Fsp3) is 0.222. The molecule has 1 N–H and O–H groups in total. The molecule has 4 rings (SSSR count). The zero-order valence-corrected chi connectivity index (χ0v) is 15.4. The van der Waals surface area contributed by atoms with Gasteiger partial charge in [-0.1, -0.05) is 12.1 Å². The second kappa shape index (κ2) is 6.06. The van der Waals surface area contributed by atoms with Crippen LogP contribution in [0.4, 0.5) is 5.95 Å². The Bertz CT molecular complexity index is 1220.